The first kappa shape index (κ1) is 29.5. The summed E-state index contributed by atoms with van der Waals surface area (Å²) in [6, 6.07) is 12.6. The lowest BCUT2D eigenvalue weighted by atomic mass is 9.82. The van der Waals surface area contributed by atoms with Gasteiger partial charge in [-0.3, -0.25) is 10.6 Å². The van der Waals surface area contributed by atoms with Gasteiger partial charge in [-0.05, 0) is 74.2 Å². The van der Waals surface area contributed by atoms with Crippen molar-refractivity contribution in [2.45, 2.75) is 42.5 Å². The Labute approximate surface area is 233 Å². The van der Waals surface area contributed by atoms with Gasteiger partial charge in [0.15, 0.2) is 0 Å². The summed E-state index contributed by atoms with van der Waals surface area (Å²) < 4.78 is 26.1. The number of hydrogen-bond acceptors (Lipinski definition) is 9. The number of piperidine rings is 1. The lowest BCUT2D eigenvalue weighted by Crippen LogP contribution is -2.60. The number of nitrogens with zero attached hydrogens (tertiary/aromatic N) is 1. The number of rotatable bonds is 9. The summed E-state index contributed by atoms with van der Waals surface area (Å²) in [6.07, 6.45) is 2.63. The van der Waals surface area contributed by atoms with Crippen LogP contribution in [-0.2, 0) is 10.0 Å². The molecule has 2 heterocycles. The molecule has 2 amide bonds. The van der Waals surface area contributed by atoms with Crippen LogP contribution in [0.25, 0.3) is 0 Å². The van der Waals surface area contributed by atoms with Crippen LogP contribution in [0.1, 0.15) is 30.9 Å². The Bertz CT molecular complexity index is 1230. The number of amides is 2. The monoisotopic (exact) mass is 581 g/mol. The Morgan fingerprint density at radius 3 is 2.44 bits per heavy atom. The van der Waals surface area contributed by atoms with Crippen LogP contribution in [0.15, 0.2) is 47.4 Å². The molecule has 39 heavy (non-hydrogen) atoms. The van der Waals surface area contributed by atoms with E-state index in [2.05, 4.69) is 31.9 Å². The molecule has 2 aliphatic heterocycles. The summed E-state index contributed by atoms with van der Waals surface area (Å²) in [5.41, 5.74) is 2.42. The molecule has 0 bridgehead atoms. The molecule has 2 saturated heterocycles. The van der Waals surface area contributed by atoms with Crippen LogP contribution in [0.3, 0.4) is 0 Å². The number of aliphatic hydroxyl groups excluding tert-OH is 2. The molecule has 0 radical (unpaired) electrons. The van der Waals surface area contributed by atoms with Gasteiger partial charge in [-0.15, -0.1) is 4.31 Å². The Morgan fingerprint density at radius 1 is 1.05 bits per heavy atom. The van der Waals surface area contributed by atoms with Crippen molar-refractivity contribution in [2.24, 2.45) is 5.92 Å². The zero-order valence-corrected chi connectivity index (χ0v) is 23.2. The predicted molar refractivity (Wildman–Crippen MR) is 150 cm³/mol. The van der Waals surface area contributed by atoms with Crippen molar-refractivity contribution in [2.75, 3.05) is 44.2 Å². The van der Waals surface area contributed by atoms with E-state index in [1.54, 1.807) is 13.1 Å². The predicted octanol–water partition coefficient (Wildman–Crippen LogP) is 1.37. The molecular formula is C25H36ClN7O5S. The number of anilines is 2. The number of nitrogens with one attached hydrogen (secondary N) is 6. The average molecular weight is 582 g/mol. The molecule has 8 N–H and O–H groups in total. The van der Waals surface area contributed by atoms with Gasteiger partial charge in [-0.1, -0.05) is 23.7 Å². The van der Waals surface area contributed by atoms with Crippen molar-refractivity contribution in [3.8, 4) is 0 Å². The van der Waals surface area contributed by atoms with Gasteiger partial charge < -0.3 is 31.5 Å². The van der Waals surface area contributed by atoms with E-state index in [0.29, 0.717) is 15.9 Å². The highest BCUT2D eigenvalue weighted by atomic mass is 35.5. The SMILES string of the molecule is CNC(=O)Nc1ccc(C2CC(C3CCNC(Nc4ccc(Cl)c(S(=O)(=O)N(CO)CO)c4)N3)CCN2)cc1. The number of hydrogen-bond donors (Lipinski definition) is 8. The molecule has 0 aromatic heterocycles. The van der Waals surface area contributed by atoms with Crippen molar-refractivity contribution in [3.63, 3.8) is 0 Å². The van der Waals surface area contributed by atoms with E-state index in [1.807, 2.05) is 24.3 Å². The summed E-state index contributed by atoms with van der Waals surface area (Å²) in [4.78, 5) is 11.3. The number of carbonyl (C=O) groups excluding carboxylic acids is 1. The number of halogens is 1. The molecule has 0 saturated carbocycles. The van der Waals surface area contributed by atoms with Gasteiger partial charge in [0.25, 0.3) is 0 Å². The molecule has 2 aromatic rings. The van der Waals surface area contributed by atoms with Gasteiger partial charge in [-0.25, -0.2) is 13.2 Å². The van der Waals surface area contributed by atoms with E-state index < -0.39 is 23.5 Å². The molecule has 4 unspecified atom stereocenters. The Morgan fingerprint density at radius 2 is 1.74 bits per heavy atom. The summed E-state index contributed by atoms with van der Waals surface area (Å²) in [7, 11) is -2.60. The van der Waals surface area contributed by atoms with Crippen molar-refractivity contribution in [1.29, 1.82) is 0 Å². The summed E-state index contributed by atoms with van der Waals surface area (Å²) >= 11 is 6.15. The van der Waals surface area contributed by atoms with Gasteiger partial charge in [0.05, 0.1) is 5.02 Å². The molecule has 4 atom stereocenters. The van der Waals surface area contributed by atoms with Gasteiger partial charge >= 0.3 is 6.03 Å². The van der Waals surface area contributed by atoms with E-state index in [9.17, 15) is 23.4 Å². The van der Waals surface area contributed by atoms with Crippen LogP contribution in [0.4, 0.5) is 16.2 Å². The highest BCUT2D eigenvalue weighted by Gasteiger charge is 2.32. The smallest absolute Gasteiger partial charge is 0.318 e. The van der Waals surface area contributed by atoms with Gasteiger partial charge in [0, 0.05) is 30.5 Å². The van der Waals surface area contributed by atoms with Crippen molar-refractivity contribution < 1.29 is 23.4 Å². The molecule has 14 heteroatoms. The van der Waals surface area contributed by atoms with Crippen molar-refractivity contribution >= 4 is 39.0 Å². The zero-order chi connectivity index (χ0) is 28.0. The van der Waals surface area contributed by atoms with Crippen LogP contribution in [0.5, 0.6) is 0 Å². The fraction of sp³-hybridized carbons (Fsp3) is 0.480. The summed E-state index contributed by atoms with van der Waals surface area (Å²) in [6.45, 7) is -0.0593. The van der Waals surface area contributed by atoms with Crippen LogP contribution >= 0.6 is 11.6 Å². The first-order chi connectivity index (χ1) is 18.7. The first-order valence-electron chi connectivity index (χ1n) is 12.8. The maximum absolute atomic E-state index is 12.8. The maximum Gasteiger partial charge on any atom is 0.318 e. The number of urea groups is 1. The topological polar surface area (TPSA) is 167 Å². The normalized spacial score (nSPS) is 23.8. The fourth-order valence-corrected chi connectivity index (χ4v) is 6.64. The summed E-state index contributed by atoms with van der Waals surface area (Å²) in [5, 5.41) is 37.9. The van der Waals surface area contributed by atoms with E-state index in [0.717, 1.165) is 38.0 Å². The standard InChI is InChI=1S/C25H36ClN7O5S/c1-27-25(36)31-18-4-2-16(3-5-18)22-12-17(8-10-28-22)21-9-11-29-24(32-21)30-19-6-7-20(26)23(13-19)39(37,38)33(14-34)15-35/h2-7,13,17,21-22,24,28-30,32,34-35H,8-12,14-15H2,1H3,(H2,27,31,36). The number of aliphatic hydroxyl groups is 2. The van der Waals surface area contributed by atoms with Crippen LogP contribution < -0.4 is 31.9 Å². The third kappa shape index (κ3) is 7.18. The van der Waals surface area contributed by atoms with Gasteiger partial charge in [0.2, 0.25) is 10.0 Å². The largest absolute Gasteiger partial charge is 0.380 e. The first-order valence-corrected chi connectivity index (χ1v) is 14.7. The molecule has 12 nitrogen and oxygen atoms in total. The second-order valence-electron chi connectivity index (χ2n) is 9.60. The lowest BCUT2D eigenvalue weighted by Gasteiger charge is -2.41. The Kier molecular flexibility index (Phi) is 10.0. The van der Waals surface area contributed by atoms with Crippen LogP contribution in [0.2, 0.25) is 5.02 Å². The van der Waals surface area contributed by atoms with E-state index in [1.165, 1.54) is 17.7 Å². The van der Waals surface area contributed by atoms with Crippen molar-refractivity contribution in [3.05, 3.63) is 53.1 Å². The second-order valence-corrected chi connectivity index (χ2v) is 11.9. The molecular weight excluding hydrogens is 546 g/mol. The van der Waals surface area contributed by atoms with Crippen LogP contribution in [-0.4, -0.2) is 74.9 Å². The quantitative estimate of drug-likeness (QED) is 0.204. The van der Waals surface area contributed by atoms with Gasteiger partial charge in [0.1, 0.15) is 24.6 Å². The Hall–Kier alpha value is -2.49. The number of benzene rings is 2. The molecule has 0 aliphatic carbocycles. The second kappa shape index (κ2) is 13.2. The minimum absolute atomic E-state index is 0.00641. The molecule has 2 aliphatic rings. The van der Waals surface area contributed by atoms with Crippen molar-refractivity contribution in [1.82, 2.24) is 25.6 Å². The molecule has 4 rings (SSSR count). The maximum atomic E-state index is 12.8. The molecule has 214 valence electrons. The highest BCUT2D eigenvalue weighted by Crippen LogP contribution is 2.32. The minimum Gasteiger partial charge on any atom is -0.380 e. The molecule has 2 fully saturated rings. The van der Waals surface area contributed by atoms with Gasteiger partial charge in [-0.2, -0.15) is 0 Å². The average Bonchev–Trinajstić information content (AvgIpc) is 2.95. The Balaban J connectivity index is 1.39. The highest BCUT2D eigenvalue weighted by molar-refractivity contribution is 7.89. The van der Waals surface area contributed by atoms with E-state index >= 15 is 0 Å². The van der Waals surface area contributed by atoms with E-state index in [-0.39, 0.29) is 34.3 Å². The lowest BCUT2D eigenvalue weighted by molar-refractivity contribution is 0.0965. The fourth-order valence-electron chi connectivity index (χ4n) is 5.06. The number of sulfonamides is 1. The molecule has 2 aromatic carbocycles. The third-order valence-corrected chi connectivity index (χ3v) is 9.42. The van der Waals surface area contributed by atoms with Crippen LogP contribution in [0, 0.1) is 5.92 Å². The number of carbonyl (C=O) groups is 1. The summed E-state index contributed by atoms with van der Waals surface area (Å²) in [5.74, 6) is 0.426. The third-order valence-electron chi connectivity index (χ3n) is 7.17. The zero-order valence-electron chi connectivity index (χ0n) is 21.7. The minimum atomic E-state index is -4.18. The molecule has 0 spiro atoms. The van der Waals surface area contributed by atoms with E-state index in [4.69, 9.17) is 11.6 Å².